The van der Waals surface area contributed by atoms with Gasteiger partial charge in [-0.1, -0.05) is 29.8 Å². The highest BCUT2D eigenvalue weighted by Crippen LogP contribution is 2.28. The molecule has 0 aliphatic heterocycles. The van der Waals surface area contributed by atoms with E-state index in [0.717, 1.165) is 15.5 Å². The lowest BCUT2D eigenvalue weighted by Crippen LogP contribution is -3.07. The average molecular weight is 421 g/mol. The molecule has 0 saturated heterocycles. The third kappa shape index (κ3) is 3.97. The Morgan fingerprint density at radius 2 is 2.11 bits per heavy atom. The number of aryl methyl sites for hydroxylation is 1. The lowest BCUT2D eigenvalue weighted by molar-refractivity contribution is -0.924. The number of nitrogens with one attached hydrogen (secondary N) is 2. The Hall–Kier alpha value is -2.22. The number of benzene rings is 1. The number of quaternary nitrogens is 1. The van der Waals surface area contributed by atoms with Crippen molar-refractivity contribution in [2.45, 2.75) is 33.4 Å². The summed E-state index contributed by atoms with van der Waals surface area (Å²) in [5.41, 5.74) is 1.42. The first-order chi connectivity index (χ1) is 13.3. The number of hydrogen-bond donors (Lipinski definition) is 2. The van der Waals surface area contributed by atoms with Gasteiger partial charge in [-0.15, -0.1) is 11.3 Å². The SMILES string of the molecule is CCOC(=O)c1sc2nc([C@@H](C)[NH+](C)Cc3ccccc3Cl)[nH]c(=O)c2c1C. The molecule has 0 saturated carbocycles. The van der Waals surface area contributed by atoms with Crippen LogP contribution in [0.1, 0.15) is 46.5 Å². The number of carbonyl (C=O) groups is 1. The second-order valence-electron chi connectivity index (χ2n) is 6.74. The zero-order valence-electron chi connectivity index (χ0n) is 16.3. The normalized spacial score (nSPS) is 13.5. The van der Waals surface area contributed by atoms with Gasteiger partial charge in [0.2, 0.25) is 0 Å². The molecule has 6 nitrogen and oxygen atoms in total. The van der Waals surface area contributed by atoms with Crippen LogP contribution in [0.25, 0.3) is 10.2 Å². The van der Waals surface area contributed by atoms with Crippen LogP contribution in [-0.2, 0) is 11.3 Å². The van der Waals surface area contributed by atoms with Crippen LogP contribution >= 0.6 is 22.9 Å². The number of ether oxygens (including phenoxy) is 1. The molecule has 2 heterocycles. The summed E-state index contributed by atoms with van der Waals surface area (Å²) in [7, 11) is 2.03. The van der Waals surface area contributed by atoms with Crippen molar-refractivity contribution in [1.29, 1.82) is 0 Å². The average Bonchev–Trinajstić information content (AvgIpc) is 3.00. The molecule has 1 unspecified atom stereocenters. The molecule has 8 heteroatoms. The number of thiophene rings is 1. The molecular weight excluding hydrogens is 398 g/mol. The molecule has 1 aromatic carbocycles. The number of aromatic amines is 1. The van der Waals surface area contributed by atoms with Crippen molar-refractivity contribution in [3.63, 3.8) is 0 Å². The summed E-state index contributed by atoms with van der Waals surface area (Å²) < 4.78 is 5.09. The maximum absolute atomic E-state index is 12.7. The number of esters is 1. The molecule has 0 aliphatic carbocycles. The molecule has 148 valence electrons. The van der Waals surface area contributed by atoms with E-state index in [2.05, 4.69) is 9.97 Å². The zero-order chi connectivity index (χ0) is 20.4. The molecule has 2 aromatic heterocycles. The number of nitrogens with zero attached hydrogens (tertiary/aromatic N) is 1. The molecule has 3 rings (SSSR count). The maximum Gasteiger partial charge on any atom is 0.348 e. The lowest BCUT2D eigenvalue weighted by atomic mass is 10.1. The van der Waals surface area contributed by atoms with Crippen LogP contribution in [0.15, 0.2) is 29.1 Å². The molecule has 3 aromatic rings. The number of fused-ring (bicyclic) bond motifs is 1. The lowest BCUT2D eigenvalue weighted by Gasteiger charge is -2.21. The van der Waals surface area contributed by atoms with E-state index in [1.54, 1.807) is 13.8 Å². The molecule has 0 fully saturated rings. The number of aromatic nitrogens is 2. The van der Waals surface area contributed by atoms with E-state index in [-0.39, 0.29) is 18.2 Å². The second-order valence-corrected chi connectivity index (χ2v) is 8.15. The first-order valence-electron chi connectivity index (χ1n) is 9.09. The molecule has 0 bridgehead atoms. The van der Waals surface area contributed by atoms with E-state index in [0.29, 0.717) is 33.0 Å². The van der Waals surface area contributed by atoms with Crippen LogP contribution < -0.4 is 10.5 Å². The van der Waals surface area contributed by atoms with Gasteiger partial charge in [0.25, 0.3) is 5.56 Å². The summed E-state index contributed by atoms with van der Waals surface area (Å²) in [5, 5.41) is 1.17. The van der Waals surface area contributed by atoms with Gasteiger partial charge in [-0.05, 0) is 32.4 Å². The number of rotatable bonds is 6. The van der Waals surface area contributed by atoms with Gasteiger partial charge in [0.05, 0.1) is 19.0 Å². The van der Waals surface area contributed by atoms with Crippen molar-refractivity contribution < 1.29 is 14.4 Å². The van der Waals surface area contributed by atoms with E-state index in [1.165, 1.54) is 11.3 Å². The minimum atomic E-state index is -0.418. The molecular formula is C20H23ClN3O3S+. The standard InChI is InChI=1S/C20H22ClN3O3S/c1-5-27-20(26)16-11(2)15-18(25)22-17(23-19(15)28-16)12(3)24(4)10-13-8-6-7-9-14(13)21/h6-9,12H,5,10H2,1-4H3,(H,22,23,25)/p+1/t12-/m1/s1. The minimum absolute atomic E-state index is 0.0678. The number of halogens is 1. The highest BCUT2D eigenvalue weighted by atomic mass is 35.5. The monoisotopic (exact) mass is 420 g/mol. The number of carbonyl (C=O) groups excluding carboxylic acids is 1. The van der Waals surface area contributed by atoms with Crippen molar-refractivity contribution in [1.82, 2.24) is 9.97 Å². The second kappa shape index (κ2) is 8.43. The fourth-order valence-corrected chi connectivity index (χ4v) is 4.37. The van der Waals surface area contributed by atoms with Crippen LogP contribution in [-0.4, -0.2) is 29.6 Å². The first-order valence-corrected chi connectivity index (χ1v) is 10.3. The summed E-state index contributed by atoms with van der Waals surface area (Å²) in [6.45, 7) is 6.49. The Bertz CT molecular complexity index is 1080. The van der Waals surface area contributed by atoms with E-state index < -0.39 is 5.97 Å². The summed E-state index contributed by atoms with van der Waals surface area (Å²) in [6.07, 6.45) is 0. The highest BCUT2D eigenvalue weighted by Gasteiger charge is 2.24. The number of H-pyrrole nitrogens is 1. The van der Waals surface area contributed by atoms with Gasteiger partial charge in [0.15, 0.2) is 5.82 Å². The number of hydrogen-bond acceptors (Lipinski definition) is 5. The van der Waals surface area contributed by atoms with E-state index in [9.17, 15) is 9.59 Å². The van der Waals surface area contributed by atoms with E-state index in [4.69, 9.17) is 16.3 Å². The van der Waals surface area contributed by atoms with E-state index in [1.807, 2.05) is 38.2 Å². The van der Waals surface area contributed by atoms with Gasteiger partial charge in [-0.2, -0.15) is 0 Å². The van der Waals surface area contributed by atoms with Gasteiger partial charge in [-0.25, -0.2) is 9.78 Å². The van der Waals surface area contributed by atoms with Gasteiger partial charge >= 0.3 is 5.97 Å². The Balaban J connectivity index is 1.93. The van der Waals surface area contributed by atoms with Crippen LogP contribution in [0.5, 0.6) is 0 Å². The third-order valence-electron chi connectivity index (χ3n) is 4.86. The van der Waals surface area contributed by atoms with Gasteiger partial charge < -0.3 is 14.6 Å². The quantitative estimate of drug-likeness (QED) is 0.601. The van der Waals surface area contributed by atoms with Crippen molar-refractivity contribution >= 4 is 39.1 Å². The molecule has 2 N–H and O–H groups in total. The van der Waals surface area contributed by atoms with Crippen LogP contribution in [0.3, 0.4) is 0 Å². The van der Waals surface area contributed by atoms with Crippen LogP contribution in [0.2, 0.25) is 5.02 Å². The summed E-state index contributed by atoms with van der Waals surface area (Å²) >= 11 is 7.47. The first kappa shape index (κ1) is 20.5. The van der Waals surface area contributed by atoms with Crippen molar-refractivity contribution in [2.24, 2.45) is 0 Å². The highest BCUT2D eigenvalue weighted by molar-refractivity contribution is 7.20. The third-order valence-corrected chi connectivity index (χ3v) is 6.39. The summed E-state index contributed by atoms with van der Waals surface area (Å²) in [6, 6.07) is 7.65. The van der Waals surface area contributed by atoms with Crippen molar-refractivity contribution in [2.75, 3.05) is 13.7 Å². The molecule has 0 radical (unpaired) electrons. The maximum atomic E-state index is 12.7. The fourth-order valence-electron chi connectivity index (χ4n) is 3.09. The Morgan fingerprint density at radius 3 is 2.79 bits per heavy atom. The van der Waals surface area contributed by atoms with Crippen molar-refractivity contribution in [3.8, 4) is 0 Å². The van der Waals surface area contributed by atoms with Gasteiger partial charge in [0, 0.05) is 10.6 Å². The van der Waals surface area contributed by atoms with Crippen LogP contribution in [0, 0.1) is 6.92 Å². The summed E-state index contributed by atoms with van der Waals surface area (Å²) in [4.78, 5) is 34.5. The molecule has 0 amide bonds. The van der Waals surface area contributed by atoms with E-state index >= 15 is 0 Å². The molecule has 0 aliphatic rings. The molecule has 2 atom stereocenters. The Kier molecular flexibility index (Phi) is 6.17. The van der Waals surface area contributed by atoms with Crippen molar-refractivity contribution in [3.05, 3.63) is 61.5 Å². The largest absolute Gasteiger partial charge is 0.462 e. The molecule has 0 spiro atoms. The van der Waals surface area contributed by atoms with Crippen LogP contribution in [0.4, 0.5) is 0 Å². The zero-order valence-corrected chi connectivity index (χ0v) is 17.8. The predicted molar refractivity (Wildman–Crippen MR) is 111 cm³/mol. The van der Waals surface area contributed by atoms with Gasteiger partial charge in [-0.3, -0.25) is 4.79 Å². The van der Waals surface area contributed by atoms with Gasteiger partial charge in [0.1, 0.15) is 22.3 Å². The molecule has 28 heavy (non-hydrogen) atoms. The Morgan fingerprint density at radius 1 is 1.39 bits per heavy atom. The fraction of sp³-hybridized carbons (Fsp3) is 0.350. The predicted octanol–water partition coefficient (Wildman–Crippen LogP) is 2.90. The minimum Gasteiger partial charge on any atom is -0.462 e. The Labute approximate surface area is 172 Å². The topological polar surface area (TPSA) is 76.5 Å². The smallest absolute Gasteiger partial charge is 0.348 e. The summed E-state index contributed by atoms with van der Waals surface area (Å²) in [5.74, 6) is 0.164.